The topological polar surface area (TPSA) is 54.2 Å². The highest BCUT2D eigenvalue weighted by atomic mass is 16.3. The average molecular weight is 326 g/mol. The third-order valence-corrected chi connectivity index (χ3v) is 5.15. The fourth-order valence-corrected chi connectivity index (χ4v) is 3.59. The number of hydrogen-bond donors (Lipinski definition) is 1. The lowest BCUT2D eigenvalue weighted by atomic mass is 10.1. The number of fused-ring (bicyclic) bond motifs is 1. The van der Waals surface area contributed by atoms with E-state index in [2.05, 4.69) is 31.8 Å². The summed E-state index contributed by atoms with van der Waals surface area (Å²) in [6.45, 7) is 4.13. The van der Waals surface area contributed by atoms with E-state index < -0.39 is 0 Å². The summed E-state index contributed by atoms with van der Waals surface area (Å²) < 4.78 is 2.11. The van der Waals surface area contributed by atoms with Gasteiger partial charge >= 0.3 is 0 Å². The number of aliphatic hydroxyl groups excluding tert-OH is 1. The Labute approximate surface area is 143 Å². The lowest BCUT2D eigenvalue weighted by molar-refractivity contribution is 0.148. The minimum Gasteiger partial charge on any atom is -0.386 e. The number of aromatic nitrogens is 3. The van der Waals surface area contributed by atoms with Crippen molar-refractivity contribution in [1.82, 2.24) is 19.7 Å². The number of nitrogens with zero attached hydrogens (tertiary/aromatic N) is 4. The van der Waals surface area contributed by atoms with Gasteiger partial charge < -0.3 is 5.11 Å². The van der Waals surface area contributed by atoms with Crippen LogP contribution in [0, 0.1) is 5.92 Å². The molecule has 2 aromatic rings. The van der Waals surface area contributed by atoms with Crippen LogP contribution in [0.25, 0.3) is 0 Å². The SMILES string of the molecule is O[C@@H](c1cc2n(n1)CCCN(CCCc1cccnc1)C2)C1CC1. The summed E-state index contributed by atoms with van der Waals surface area (Å²) in [6, 6.07) is 6.28. The predicted molar refractivity (Wildman–Crippen MR) is 92.4 cm³/mol. The van der Waals surface area contributed by atoms with Crippen molar-refractivity contribution in [1.29, 1.82) is 0 Å². The third-order valence-electron chi connectivity index (χ3n) is 5.15. The number of aliphatic hydroxyl groups is 1. The number of rotatable bonds is 6. The van der Waals surface area contributed by atoms with Gasteiger partial charge in [-0.2, -0.15) is 5.10 Å². The van der Waals surface area contributed by atoms with Crippen molar-refractivity contribution in [2.45, 2.75) is 51.3 Å². The maximum atomic E-state index is 10.3. The Bertz CT molecular complexity index is 665. The number of aryl methyl sites for hydroxylation is 2. The molecular formula is C19H26N4O. The molecule has 1 aliphatic carbocycles. The van der Waals surface area contributed by atoms with Crippen molar-refractivity contribution in [3.63, 3.8) is 0 Å². The van der Waals surface area contributed by atoms with E-state index in [1.54, 1.807) is 0 Å². The van der Waals surface area contributed by atoms with Crippen LogP contribution in [0.2, 0.25) is 0 Å². The van der Waals surface area contributed by atoms with Gasteiger partial charge in [0.25, 0.3) is 0 Å². The molecule has 4 rings (SSSR count). The highest BCUT2D eigenvalue weighted by Gasteiger charge is 2.33. The molecule has 0 bridgehead atoms. The minimum atomic E-state index is -0.358. The molecule has 128 valence electrons. The molecular weight excluding hydrogens is 300 g/mol. The quantitative estimate of drug-likeness (QED) is 0.886. The first kappa shape index (κ1) is 15.8. The molecule has 5 nitrogen and oxygen atoms in total. The number of pyridine rings is 1. The van der Waals surface area contributed by atoms with Gasteiger partial charge in [0.1, 0.15) is 6.10 Å². The Morgan fingerprint density at radius 3 is 3.00 bits per heavy atom. The van der Waals surface area contributed by atoms with E-state index in [1.807, 2.05) is 18.5 Å². The first-order valence-electron chi connectivity index (χ1n) is 9.15. The molecule has 2 aliphatic rings. The van der Waals surface area contributed by atoms with E-state index in [4.69, 9.17) is 0 Å². The Morgan fingerprint density at radius 2 is 2.21 bits per heavy atom. The van der Waals surface area contributed by atoms with Crippen LogP contribution in [0.1, 0.15) is 48.7 Å². The largest absolute Gasteiger partial charge is 0.386 e. The zero-order valence-electron chi connectivity index (χ0n) is 14.1. The van der Waals surface area contributed by atoms with Crippen molar-refractivity contribution in [3.8, 4) is 0 Å². The second-order valence-electron chi connectivity index (χ2n) is 7.16. The Hall–Kier alpha value is -1.72. The van der Waals surface area contributed by atoms with Crippen molar-refractivity contribution in [2.75, 3.05) is 13.1 Å². The van der Waals surface area contributed by atoms with Crippen molar-refractivity contribution in [3.05, 3.63) is 47.5 Å². The van der Waals surface area contributed by atoms with Crippen LogP contribution in [-0.4, -0.2) is 37.9 Å². The third kappa shape index (κ3) is 3.68. The average Bonchev–Trinajstić information content (AvgIpc) is 3.40. The summed E-state index contributed by atoms with van der Waals surface area (Å²) in [6.07, 6.45) is 9.07. The zero-order chi connectivity index (χ0) is 16.4. The molecule has 0 radical (unpaired) electrons. The molecule has 1 saturated carbocycles. The second kappa shape index (κ2) is 7.03. The van der Waals surface area contributed by atoms with E-state index in [0.717, 1.165) is 64.0 Å². The minimum absolute atomic E-state index is 0.358. The summed E-state index contributed by atoms with van der Waals surface area (Å²) in [5.74, 6) is 0.444. The normalized spacial score (nSPS) is 19.7. The van der Waals surface area contributed by atoms with Gasteiger partial charge in [0, 0.05) is 32.0 Å². The van der Waals surface area contributed by atoms with Gasteiger partial charge in [0.2, 0.25) is 0 Å². The van der Waals surface area contributed by atoms with Gasteiger partial charge in [-0.25, -0.2) is 0 Å². The molecule has 0 saturated heterocycles. The van der Waals surface area contributed by atoms with Gasteiger partial charge in [-0.15, -0.1) is 0 Å². The summed E-state index contributed by atoms with van der Waals surface area (Å²) in [4.78, 5) is 6.70. The molecule has 0 aromatic carbocycles. The molecule has 0 amide bonds. The van der Waals surface area contributed by atoms with Crippen LogP contribution in [0.4, 0.5) is 0 Å². The molecule has 5 heteroatoms. The molecule has 1 fully saturated rings. The molecule has 1 aliphatic heterocycles. The Morgan fingerprint density at radius 1 is 1.29 bits per heavy atom. The smallest absolute Gasteiger partial charge is 0.101 e. The van der Waals surface area contributed by atoms with Crippen LogP contribution in [-0.2, 0) is 19.5 Å². The van der Waals surface area contributed by atoms with Gasteiger partial charge in [0.05, 0.1) is 11.4 Å². The molecule has 24 heavy (non-hydrogen) atoms. The highest BCUT2D eigenvalue weighted by molar-refractivity contribution is 5.15. The summed E-state index contributed by atoms with van der Waals surface area (Å²) >= 11 is 0. The van der Waals surface area contributed by atoms with Crippen LogP contribution < -0.4 is 0 Å². The first-order chi connectivity index (χ1) is 11.8. The lowest BCUT2D eigenvalue weighted by Crippen LogP contribution is -2.24. The predicted octanol–water partition coefficient (Wildman–Crippen LogP) is 2.56. The van der Waals surface area contributed by atoms with Crippen molar-refractivity contribution < 1.29 is 5.11 Å². The van der Waals surface area contributed by atoms with Gasteiger partial charge in [-0.3, -0.25) is 14.6 Å². The molecule has 3 heterocycles. The molecule has 1 atom stereocenters. The highest BCUT2D eigenvalue weighted by Crippen LogP contribution is 2.40. The Balaban J connectivity index is 1.35. The molecule has 0 unspecified atom stereocenters. The molecule has 1 N–H and O–H groups in total. The maximum absolute atomic E-state index is 10.3. The summed E-state index contributed by atoms with van der Waals surface area (Å²) in [5.41, 5.74) is 3.44. The fraction of sp³-hybridized carbons (Fsp3) is 0.579. The maximum Gasteiger partial charge on any atom is 0.101 e. The second-order valence-corrected chi connectivity index (χ2v) is 7.16. The van der Waals surface area contributed by atoms with Gasteiger partial charge in [0.15, 0.2) is 0 Å². The summed E-state index contributed by atoms with van der Waals surface area (Å²) in [7, 11) is 0. The summed E-state index contributed by atoms with van der Waals surface area (Å²) in [5, 5.41) is 15.0. The first-order valence-corrected chi connectivity index (χ1v) is 9.15. The van der Waals surface area contributed by atoms with E-state index in [0.29, 0.717) is 5.92 Å². The van der Waals surface area contributed by atoms with Crippen LogP contribution in [0.5, 0.6) is 0 Å². The number of hydrogen-bond acceptors (Lipinski definition) is 4. The van der Waals surface area contributed by atoms with Crippen molar-refractivity contribution in [2.24, 2.45) is 5.92 Å². The van der Waals surface area contributed by atoms with Gasteiger partial charge in [-0.05, 0) is 62.3 Å². The molecule has 0 spiro atoms. The fourth-order valence-electron chi connectivity index (χ4n) is 3.59. The lowest BCUT2D eigenvalue weighted by Gasteiger charge is -2.19. The Kier molecular flexibility index (Phi) is 4.63. The van der Waals surface area contributed by atoms with Crippen LogP contribution >= 0.6 is 0 Å². The monoisotopic (exact) mass is 326 g/mol. The van der Waals surface area contributed by atoms with Crippen molar-refractivity contribution >= 4 is 0 Å². The van der Waals surface area contributed by atoms with E-state index in [1.165, 1.54) is 11.3 Å². The van der Waals surface area contributed by atoms with Crippen LogP contribution in [0.3, 0.4) is 0 Å². The molecule has 2 aromatic heterocycles. The zero-order valence-corrected chi connectivity index (χ0v) is 14.1. The van der Waals surface area contributed by atoms with Gasteiger partial charge in [-0.1, -0.05) is 6.07 Å². The van der Waals surface area contributed by atoms with E-state index in [9.17, 15) is 5.11 Å². The standard InChI is InChI=1S/C19H26N4O/c24-19(16-6-7-16)18-12-17-14-22(10-3-11-23(17)21-18)9-2-5-15-4-1-8-20-13-15/h1,4,8,12-13,16,19,24H,2-3,5-7,9-11,14H2/t19-/m1/s1. The van der Waals surface area contributed by atoms with E-state index >= 15 is 0 Å². The van der Waals surface area contributed by atoms with Crippen LogP contribution in [0.15, 0.2) is 30.6 Å². The van der Waals surface area contributed by atoms with E-state index in [-0.39, 0.29) is 6.10 Å².